The lowest BCUT2D eigenvalue weighted by Crippen LogP contribution is -2.33. The SMILES string of the molecule is CC(C)CCCC(C)NC(=O)c1nc(N)n[nH]1. The second-order valence-corrected chi connectivity index (χ2v) is 4.74. The maximum atomic E-state index is 11.7. The lowest BCUT2D eigenvalue weighted by Gasteiger charge is -2.13. The molecule has 0 bridgehead atoms. The van der Waals surface area contributed by atoms with Gasteiger partial charge in [-0.1, -0.05) is 26.7 Å². The van der Waals surface area contributed by atoms with Crippen LogP contribution in [0.25, 0.3) is 0 Å². The Labute approximate surface area is 101 Å². The molecule has 1 heterocycles. The molecule has 1 atom stereocenters. The van der Waals surface area contributed by atoms with Crippen LogP contribution in [-0.4, -0.2) is 27.1 Å². The summed E-state index contributed by atoms with van der Waals surface area (Å²) in [5.74, 6) is 0.694. The first-order valence-electron chi connectivity index (χ1n) is 5.97. The minimum atomic E-state index is -0.258. The van der Waals surface area contributed by atoms with Crippen LogP contribution in [0.1, 0.15) is 50.7 Å². The quantitative estimate of drug-likeness (QED) is 0.697. The molecule has 0 radical (unpaired) electrons. The van der Waals surface area contributed by atoms with Crippen LogP contribution in [0.15, 0.2) is 0 Å². The van der Waals surface area contributed by atoms with Gasteiger partial charge in [0.1, 0.15) is 0 Å². The van der Waals surface area contributed by atoms with Gasteiger partial charge in [-0.25, -0.2) is 0 Å². The average molecular weight is 239 g/mol. The van der Waals surface area contributed by atoms with Crippen molar-refractivity contribution in [3.8, 4) is 0 Å². The molecule has 1 unspecified atom stereocenters. The third-order valence-electron chi connectivity index (χ3n) is 2.51. The van der Waals surface area contributed by atoms with Gasteiger partial charge in [-0.2, -0.15) is 4.98 Å². The Hall–Kier alpha value is -1.59. The van der Waals surface area contributed by atoms with Crippen LogP contribution in [0, 0.1) is 5.92 Å². The number of rotatable bonds is 6. The van der Waals surface area contributed by atoms with Crippen molar-refractivity contribution in [2.24, 2.45) is 5.92 Å². The summed E-state index contributed by atoms with van der Waals surface area (Å²) in [5, 5.41) is 8.95. The first kappa shape index (κ1) is 13.5. The lowest BCUT2D eigenvalue weighted by atomic mass is 10.0. The van der Waals surface area contributed by atoms with E-state index in [2.05, 4.69) is 34.3 Å². The topological polar surface area (TPSA) is 96.7 Å². The molecule has 0 spiro atoms. The zero-order valence-electron chi connectivity index (χ0n) is 10.7. The summed E-state index contributed by atoms with van der Waals surface area (Å²) < 4.78 is 0. The number of hydrogen-bond donors (Lipinski definition) is 3. The Balaban J connectivity index is 2.31. The summed E-state index contributed by atoms with van der Waals surface area (Å²) in [6.45, 7) is 6.37. The van der Waals surface area contributed by atoms with E-state index in [0.29, 0.717) is 5.92 Å². The molecule has 96 valence electrons. The number of carbonyl (C=O) groups excluding carboxylic acids is 1. The molecule has 1 rings (SSSR count). The van der Waals surface area contributed by atoms with Crippen molar-refractivity contribution in [2.45, 2.75) is 46.1 Å². The zero-order valence-corrected chi connectivity index (χ0v) is 10.7. The predicted octanol–water partition coefficient (Wildman–Crippen LogP) is 1.33. The highest BCUT2D eigenvalue weighted by atomic mass is 16.2. The number of aromatic amines is 1. The number of H-pyrrole nitrogens is 1. The Morgan fingerprint density at radius 1 is 1.41 bits per heavy atom. The van der Waals surface area contributed by atoms with Crippen molar-refractivity contribution in [1.29, 1.82) is 0 Å². The van der Waals surface area contributed by atoms with Gasteiger partial charge in [0.2, 0.25) is 11.8 Å². The number of nitrogens with two attached hydrogens (primary N) is 1. The normalized spacial score (nSPS) is 12.7. The second-order valence-electron chi connectivity index (χ2n) is 4.74. The van der Waals surface area contributed by atoms with Gasteiger partial charge in [0.05, 0.1) is 0 Å². The van der Waals surface area contributed by atoms with E-state index in [1.807, 2.05) is 6.92 Å². The predicted molar refractivity (Wildman–Crippen MR) is 66.4 cm³/mol. The second kappa shape index (κ2) is 6.22. The van der Waals surface area contributed by atoms with E-state index in [4.69, 9.17) is 5.73 Å². The van der Waals surface area contributed by atoms with E-state index in [0.717, 1.165) is 12.8 Å². The standard InChI is InChI=1S/C11H21N5O/c1-7(2)5-4-6-8(3)13-10(17)9-14-11(12)16-15-9/h7-8H,4-6H2,1-3H3,(H,13,17)(H3,12,14,15,16). The van der Waals surface area contributed by atoms with E-state index < -0.39 is 0 Å². The van der Waals surface area contributed by atoms with Crippen molar-refractivity contribution in [1.82, 2.24) is 20.5 Å². The highest BCUT2D eigenvalue weighted by Crippen LogP contribution is 2.08. The third-order valence-corrected chi connectivity index (χ3v) is 2.51. The molecule has 17 heavy (non-hydrogen) atoms. The van der Waals surface area contributed by atoms with E-state index >= 15 is 0 Å². The molecular weight excluding hydrogens is 218 g/mol. The molecule has 0 aliphatic rings. The molecule has 0 saturated carbocycles. The van der Waals surface area contributed by atoms with Crippen LogP contribution < -0.4 is 11.1 Å². The van der Waals surface area contributed by atoms with Crippen molar-refractivity contribution in [3.05, 3.63) is 5.82 Å². The van der Waals surface area contributed by atoms with Crippen LogP contribution in [0.3, 0.4) is 0 Å². The van der Waals surface area contributed by atoms with Crippen LogP contribution in [-0.2, 0) is 0 Å². The summed E-state index contributed by atoms with van der Waals surface area (Å²) in [4.78, 5) is 15.4. The molecule has 1 aromatic heterocycles. The van der Waals surface area contributed by atoms with Gasteiger partial charge in [0.25, 0.3) is 5.91 Å². The molecule has 6 nitrogen and oxygen atoms in total. The monoisotopic (exact) mass is 239 g/mol. The molecule has 6 heteroatoms. The smallest absolute Gasteiger partial charge is 0.288 e. The summed E-state index contributed by atoms with van der Waals surface area (Å²) in [5.41, 5.74) is 5.33. The van der Waals surface area contributed by atoms with Crippen LogP contribution in [0.5, 0.6) is 0 Å². The fourth-order valence-corrected chi connectivity index (χ4v) is 1.57. The molecular formula is C11H21N5O. The Bertz CT molecular complexity index is 360. The Morgan fingerprint density at radius 3 is 2.65 bits per heavy atom. The number of nitrogen functional groups attached to an aromatic ring is 1. The van der Waals surface area contributed by atoms with E-state index in [9.17, 15) is 4.79 Å². The molecule has 0 aromatic carbocycles. The largest absolute Gasteiger partial charge is 0.366 e. The van der Waals surface area contributed by atoms with Crippen molar-refractivity contribution in [2.75, 3.05) is 5.73 Å². The number of aromatic nitrogens is 3. The van der Waals surface area contributed by atoms with Crippen LogP contribution in [0.4, 0.5) is 5.95 Å². The molecule has 1 aromatic rings. The van der Waals surface area contributed by atoms with Crippen molar-refractivity contribution >= 4 is 11.9 Å². The zero-order chi connectivity index (χ0) is 12.8. The van der Waals surface area contributed by atoms with Gasteiger partial charge in [0, 0.05) is 6.04 Å². The van der Waals surface area contributed by atoms with E-state index in [-0.39, 0.29) is 23.7 Å². The fourth-order valence-electron chi connectivity index (χ4n) is 1.57. The minimum Gasteiger partial charge on any atom is -0.366 e. The molecule has 0 aliphatic heterocycles. The number of nitrogens with one attached hydrogen (secondary N) is 2. The maximum absolute atomic E-state index is 11.7. The lowest BCUT2D eigenvalue weighted by molar-refractivity contribution is 0.0927. The van der Waals surface area contributed by atoms with Crippen LogP contribution in [0.2, 0.25) is 0 Å². The van der Waals surface area contributed by atoms with Crippen LogP contribution >= 0.6 is 0 Å². The Kier molecular flexibility index (Phi) is 4.93. The van der Waals surface area contributed by atoms with Gasteiger partial charge in [-0.15, -0.1) is 5.10 Å². The van der Waals surface area contributed by atoms with Crippen molar-refractivity contribution in [3.63, 3.8) is 0 Å². The molecule has 0 saturated heterocycles. The highest BCUT2D eigenvalue weighted by molar-refractivity contribution is 5.90. The van der Waals surface area contributed by atoms with Gasteiger partial charge in [-0.3, -0.25) is 9.89 Å². The van der Waals surface area contributed by atoms with Crippen molar-refractivity contribution < 1.29 is 4.79 Å². The first-order valence-corrected chi connectivity index (χ1v) is 5.97. The molecule has 4 N–H and O–H groups in total. The van der Waals surface area contributed by atoms with Gasteiger partial charge in [0.15, 0.2) is 0 Å². The number of anilines is 1. The summed E-state index contributed by atoms with van der Waals surface area (Å²) >= 11 is 0. The fraction of sp³-hybridized carbons (Fsp3) is 0.727. The maximum Gasteiger partial charge on any atom is 0.288 e. The average Bonchev–Trinajstić information content (AvgIpc) is 2.64. The highest BCUT2D eigenvalue weighted by Gasteiger charge is 2.13. The first-order chi connectivity index (χ1) is 7.99. The molecule has 0 aliphatic carbocycles. The van der Waals surface area contributed by atoms with Gasteiger partial charge < -0.3 is 11.1 Å². The van der Waals surface area contributed by atoms with E-state index in [1.54, 1.807) is 0 Å². The summed E-state index contributed by atoms with van der Waals surface area (Å²) in [7, 11) is 0. The number of amides is 1. The van der Waals surface area contributed by atoms with Gasteiger partial charge >= 0.3 is 0 Å². The van der Waals surface area contributed by atoms with E-state index in [1.165, 1.54) is 6.42 Å². The summed E-state index contributed by atoms with van der Waals surface area (Å²) in [6, 6.07) is 0.132. The van der Waals surface area contributed by atoms with Gasteiger partial charge in [-0.05, 0) is 19.3 Å². The summed E-state index contributed by atoms with van der Waals surface area (Å²) in [6.07, 6.45) is 3.25. The number of carbonyl (C=O) groups is 1. The number of nitrogens with zero attached hydrogens (tertiary/aromatic N) is 2. The molecule has 1 amide bonds. The Morgan fingerprint density at radius 2 is 2.12 bits per heavy atom. The third kappa shape index (κ3) is 4.84. The number of hydrogen-bond acceptors (Lipinski definition) is 4. The molecule has 0 fully saturated rings. The minimum absolute atomic E-state index is 0.0858.